The third-order valence-corrected chi connectivity index (χ3v) is 11.2. The molecule has 11 nitrogen and oxygen atoms in total. The molecule has 1 unspecified atom stereocenters. The first-order valence-electron chi connectivity index (χ1n) is 18.9. The minimum atomic E-state index is -0.311. The Morgan fingerprint density at radius 3 is 2.40 bits per heavy atom. The second-order valence-corrected chi connectivity index (χ2v) is 15.5. The molecule has 1 aliphatic heterocycles. The van der Waals surface area contributed by atoms with E-state index in [0.29, 0.717) is 33.2 Å². The van der Waals surface area contributed by atoms with Crippen molar-refractivity contribution in [1.29, 1.82) is 0 Å². The number of hydrogen-bond donors (Lipinski definition) is 3. The number of thioether (sulfide) groups is 1. The van der Waals surface area contributed by atoms with Gasteiger partial charge in [0.05, 0.1) is 16.5 Å². The van der Waals surface area contributed by atoms with E-state index in [-0.39, 0.29) is 18.6 Å². The lowest BCUT2D eigenvalue weighted by Gasteiger charge is -2.13. The number of aromatic nitrogens is 4. The van der Waals surface area contributed by atoms with Crippen LogP contribution < -0.4 is 26.2 Å². The van der Waals surface area contributed by atoms with E-state index >= 15 is 0 Å². The molecule has 1 amide bonds. The number of pyridine rings is 1. The first kappa shape index (κ1) is 40.4. The van der Waals surface area contributed by atoms with Crippen molar-refractivity contribution >= 4 is 79.6 Å². The smallest absolute Gasteiger partial charge is 0.235 e. The number of benzene rings is 5. The zero-order valence-corrected chi connectivity index (χ0v) is 34.6. The van der Waals surface area contributed by atoms with Gasteiger partial charge in [0.2, 0.25) is 22.3 Å². The summed E-state index contributed by atoms with van der Waals surface area (Å²) in [7, 11) is 0. The van der Waals surface area contributed by atoms with Crippen LogP contribution in [0, 0.1) is 0 Å². The number of halogens is 2. The van der Waals surface area contributed by atoms with Gasteiger partial charge >= 0.3 is 0 Å². The molecular weight excluding hydrogens is 792 g/mol. The minimum Gasteiger partial charge on any atom is -0.485 e. The zero-order valence-electron chi connectivity index (χ0n) is 32.3. The number of oxime groups is 1. The number of para-hydroxylation sites is 1. The number of ether oxygens (including phenoxy) is 1. The van der Waals surface area contributed by atoms with Crippen LogP contribution in [-0.4, -0.2) is 32.2 Å². The van der Waals surface area contributed by atoms with Crippen LogP contribution in [0.2, 0.25) is 10.0 Å². The van der Waals surface area contributed by atoms with Gasteiger partial charge in [0, 0.05) is 68.7 Å². The average molecular weight is 835 g/mol. The fourth-order valence-corrected chi connectivity index (χ4v) is 8.18. The first-order valence-corrected chi connectivity index (χ1v) is 20.6. The summed E-state index contributed by atoms with van der Waals surface area (Å²) >= 11 is 13.9. The molecule has 3 heterocycles. The van der Waals surface area contributed by atoms with Crippen LogP contribution in [0.3, 0.4) is 0 Å². The fraction of sp³-hybridized carbons (Fsp3) is 0.205. The summed E-state index contributed by atoms with van der Waals surface area (Å²) in [5.41, 5.74) is 22.4. The number of amides is 1. The van der Waals surface area contributed by atoms with Gasteiger partial charge in [0.15, 0.2) is 11.9 Å². The molecule has 1 aliphatic rings. The van der Waals surface area contributed by atoms with Crippen LogP contribution >= 0.6 is 35.0 Å². The van der Waals surface area contributed by atoms with Crippen LogP contribution in [-0.2, 0) is 22.8 Å². The highest BCUT2D eigenvalue weighted by Gasteiger charge is 2.28. The first-order chi connectivity index (χ1) is 28.1. The molecule has 0 spiro atoms. The summed E-state index contributed by atoms with van der Waals surface area (Å²) in [4.78, 5) is 17.4. The summed E-state index contributed by atoms with van der Waals surface area (Å²) < 4.78 is 9.98. The van der Waals surface area contributed by atoms with Gasteiger partial charge < -0.3 is 21.0 Å². The molecule has 0 radical (unpaired) electrons. The van der Waals surface area contributed by atoms with Crippen molar-refractivity contribution in [2.45, 2.75) is 58.0 Å². The highest BCUT2D eigenvalue weighted by atomic mass is 35.5. The van der Waals surface area contributed by atoms with E-state index in [2.05, 4.69) is 87.7 Å². The van der Waals surface area contributed by atoms with E-state index in [1.165, 1.54) is 46.1 Å². The van der Waals surface area contributed by atoms with Crippen molar-refractivity contribution in [2.75, 3.05) is 22.6 Å². The lowest BCUT2D eigenvalue weighted by Crippen LogP contribution is -2.36. The molecule has 7 aromatic rings. The Kier molecular flexibility index (Phi) is 12.7. The Bertz CT molecular complexity index is 2640. The number of nitrogens with one attached hydrogen (secondary N) is 1. The Morgan fingerprint density at radius 2 is 1.66 bits per heavy atom. The van der Waals surface area contributed by atoms with Gasteiger partial charge in [-0.05, 0) is 74.0 Å². The summed E-state index contributed by atoms with van der Waals surface area (Å²) in [5.74, 6) is 1.75. The molecule has 0 bridgehead atoms. The molecule has 5 aromatic carbocycles. The van der Waals surface area contributed by atoms with Gasteiger partial charge in [-0.3, -0.25) is 10.2 Å². The lowest BCUT2D eigenvalue weighted by molar-refractivity contribution is -0.655. The van der Waals surface area contributed by atoms with Gasteiger partial charge in [-0.25, -0.2) is 4.68 Å². The van der Waals surface area contributed by atoms with Crippen molar-refractivity contribution in [3.05, 3.63) is 136 Å². The van der Waals surface area contributed by atoms with Crippen molar-refractivity contribution < 1.29 is 18.9 Å². The number of nitrogen functional groups attached to an aromatic ring is 2. The number of aryl methyl sites for hydroxylation is 1. The Balaban J connectivity index is 0.000000187. The predicted octanol–water partition coefficient (Wildman–Crippen LogP) is 9.75. The molecule has 0 saturated carbocycles. The maximum absolute atomic E-state index is 11.7. The fourth-order valence-electron chi connectivity index (χ4n) is 6.88. The van der Waals surface area contributed by atoms with E-state index in [1.807, 2.05) is 48.5 Å². The van der Waals surface area contributed by atoms with E-state index in [0.717, 1.165) is 52.4 Å². The van der Waals surface area contributed by atoms with Crippen LogP contribution in [0.15, 0.2) is 120 Å². The van der Waals surface area contributed by atoms with Crippen LogP contribution in [0.25, 0.3) is 32.9 Å². The number of hydrogen-bond acceptors (Lipinski definition) is 9. The summed E-state index contributed by atoms with van der Waals surface area (Å²) in [5, 5.41) is 18.0. The summed E-state index contributed by atoms with van der Waals surface area (Å²) in [6.45, 7) is 6.64. The average Bonchev–Trinajstić information content (AvgIpc) is 3.86. The van der Waals surface area contributed by atoms with Crippen LogP contribution in [0.4, 0.5) is 11.4 Å². The second kappa shape index (κ2) is 18.2. The third kappa shape index (κ3) is 8.84. The largest absolute Gasteiger partial charge is 0.485 e. The molecule has 5 N–H and O–H groups in total. The summed E-state index contributed by atoms with van der Waals surface area (Å²) in [6.07, 6.45) is 1.19. The number of carbonyl (C=O) groups excluding carboxylic acids is 1. The molecule has 296 valence electrons. The van der Waals surface area contributed by atoms with Crippen molar-refractivity contribution in [3.63, 3.8) is 0 Å². The Hall–Kier alpha value is -5.82. The molecule has 0 fully saturated rings. The minimum absolute atomic E-state index is 0.109. The van der Waals surface area contributed by atoms with E-state index < -0.39 is 0 Å². The molecule has 8 rings (SSSR count). The highest BCUT2D eigenvalue weighted by molar-refractivity contribution is 7.99. The quantitative estimate of drug-likeness (QED) is 0.0506. The standard InChI is InChI=1S/C23H23Cl2N5O3S.C21H19N3/c1-3-10-34-23-27-26-22(30(23)28-14(2)31)13-32-20-7-5-4-6-17(20)19-12-21(33-29-19)16-9-8-15(24)11-18(16)25;1-2-24-20-13-16(23)9-11-18(20)17-10-8-15(22)12-19(17)21(24)14-6-4-3-5-7-14/h4-9,11,21H,3,10,12-13H2,1-2H3,(H,28,31);3-13,23H,2,22H2,1H3/p+1. The van der Waals surface area contributed by atoms with Gasteiger partial charge in [0.25, 0.3) is 0 Å². The number of carbonyl (C=O) groups is 1. The van der Waals surface area contributed by atoms with Gasteiger partial charge in [0.1, 0.15) is 18.9 Å². The van der Waals surface area contributed by atoms with Crippen LogP contribution in [0.1, 0.15) is 56.7 Å². The summed E-state index contributed by atoms with van der Waals surface area (Å²) in [6, 6.07) is 35.6. The molecule has 0 aliphatic carbocycles. The normalized spacial score (nSPS) is 13.5. The number of anilines is 2. The Morgan fingerprint density at radius 1 is 0.914 bits per heavy atom. The maximum Gasteiger partial charge on any atom is 0.235 e. The van der Waals surface area contributed by atoms with Gasteiger partial charge in [-0.2, -0.15) is 4.57 Å². The van der Waals surface area contributed by atoms with E-state index in [1.54, 1.807) is 16.8 Å². The molecule has 14 heteroatoms. The monoisotopic (exact) mass is 833 g/mol. The van der Waals surface area contributed by atoms with Crippen molar-refractivity contribution in [2.24, 2.45) is 5.16 Å². The van der Waals surface area contributed by atoms with Crippen LogP contribution in [0.5, 0.6) is 5.75 Å². The Labute approximate surface area is 350 Å². The molecule has 58 heavy (non-hydrogen) atoms. The number of nitrogens with two attached hydrogens (primary N) is 2. The molecular formula is C44H43Cl2N8O3S+. The number of nitrogens with zero attached hydrogens (tertiary/aromatic N) is 5. The predicted molar refractivity (Wildman–Crippen MR) is 235 cm³/mol. The maximum atomic E-state index is 11.7. The lowest BCUT2D eigenvalue weighted by atomic mass is 9.98. The van der Waals surface area contributed by atoms with Gasteiger partial charge in [-0.1, -0.05) is 89.5 Å². The topological polar surface area (TPSA) is 147 Å². The molecule has 0 saturated heterocycles. The zero-order chi connectivity index (χ0) is 40.8. The van der Waals surface area contributed by atoms with E-state index in [4.69, 9.17) is 44.2 Å². The van der Waals surface area contributed by atoms with E-state index in [9.17, 15) is 4.79 Å². The van der Waals surface area contributed by atoms with Crippen molar-refractivity contribution in [3.8, 4) is 17.0 Å². The third-order valence-electron chi connectivity index (χ3n) is 9.47. The number of fused-ring (bicyclic) bond motifs is 3. The SMILES string of the molecule is CCCSc1nnc(COc2ccccc2C2=NOC(c3ccc(Cl)cc3Cl)C2)n1NC(C)=O.CC[n+]1c(-c2ccccc2)c2cc(N)ccc2c2ccc(N)cc21. The second-order valence-electron chi connectivity index (χ2n) is 13.6. The highest BCUT2D eigenvalue weighted by Crippen LogP contribution is 2.37. The van der Waals surface area contributed by atoms with Crippen molar-refractivity contribution in [1.82, 2.24) is 14.9 Å². The number of rotatable bonds is 11. The molecule has 2 aromatic heterocycles. The van der Waals surface area contributed by atoms with Gasteiger partial charge in [-0.15, -0.1) is 10.2 Å². The molecule has 1 atom stereocenters.